The number of pyridine rings is 1. The Labute approximate surface area is 214 Å². The minimum atomic E-state index is -4.63. The Morgan fingerprint density at radius 1 is 1.11 bits per heavy atom. The molecule has 1 saturated heterocycles. The number of nitrogen functional groups attached to an aromatic ring is 1. The van der Waals surface area contributed by atoms with Gasteiger partial charge in [0.25, 0.3) is 0 Å². The highest BCUT2D eigenvalue weighted by Gasteiger charge is 2.44. The molecule has 6 rings (SSSR count). The molecule has 196 valence electrons. The van der Waals surface area contributed by atoms with E-state index in [0.717, 1.165) is 24.5 Å². The lowest BCUT2D eigenvalue weighted by molar-refractivity contribution is -0.138. The zero-order chi connectivity index (χ0) is 26.5. The second-order valence-corrected chi connectivity index (χ2v) is 9.64. The van der Waals surface area contributed by atoms with Crippen LogP contribution in [0.4, 0.5) is 19.0 Å². The van der Waals surface area contributed by atoms with Gasteiger partial charge in [0.2, 0.25) is 5.91 Å². The first-order valence-corrected chi connectivity index (χ1v) is 12.0. The standard InChI is InChI=1S/C26H23F3N6O3/c27-26(28,29)19-9-17(10-32-23(19)30)21-11-31-22-8-7-20(34-35(21)22)15-3-5-18(6-4-15)38-14-25(12-37-13-25)33-24(36)16-1-2-16/h3-11,16H,1-2,12-14H2,(H2,30,32)(H,33,36). The highest BCUT2D eigenvalue weighted by atomic mass is 19.4. The Balaban J connectivity index is 1.21. The minimum absolute atomic E-state index is 0.0527. The number of carbonyl (C=O) groups is 1. The fourth-order valence-electron chi connectivity index (χ4n) is 4.26. The van der Waals surface area contributed by atoms with Gasteiger partial charge in [0.1, 0.15) is 23.7 Å². The van der Waals surface area contributed by atoms with Crippen LogP contribution >= 0.6 is 0 Å². The Bertz CT molecular complexity index is 1510. The van der Waals surface area contributed by atoms with E-state index in [0.29, 0.717) is 42.6 Å². The van der Waals surface area contributed by atoms with Crippen LogP contribution in [-0.4, -0.2) is 50.8 Å². The highest BCUT2D eigenvalue weighted by molar-refractivity contribution is 5.81. The quantitative estimate of drug-likeness (QED) is 0.378. The van der Waals surface area contributed by atoms with Crippen LogP contribution in [0.2, 0.25) is 0 Å². The van der Waals surface area contributed by atoms with E-state index in [4.69, 9.17) is 15.2 Å². The second-order valence-electron chi connectivity index (χ2n) is 9.64. The summed E-state index contributed by atoms with van der Waals surface area (Å²) in [6, 6.07) is 11.7. The summed E-state index contributed by atoms with van der Waals surface area (Å²) in [6.07, 6.45) is -0.0715. The lowest BCUT2D eigenvalue weighted by Gasteiger charge is -2.41. The summed E-state index contributed by atoms with van der Waals surface area (Å²) in [5.41, 5.74) is 6.28. The van der Waals surface area contributed by atoms with Crippen LogP contribution < -0.4 is 15.8 Å². The molecule has 1 amide bonds. The number of carbonyl (C=O) groups excluding carboxylic acids is 1. The van der Waals surface area contributed by atoms with Gasteiger partial charge in [-0.25, -0.2) is 14.5 Å². The smallest absolute Gasteiger partial charge is 0.419 e. The summed E-state index contributed by atoms with van der Waals surface area (Å²) in [5, 5.41) is 7.66. The highest BCUT2D eigenvalue weighted by Crippen LogP contribution is 2.35. The normalized spacial score (nSPS) is 16.7. The molecule has 1 aliphatic carbocycles. The number of amides is 1. The lowest BCUT2D eigenvalue weighted by Crippen LogP contribution is -2.65. The third kappa shape index (κ3) is 4.62. The number of nitrogens with one attached hydrogen (secondary N) is 1. The van der Waals surface area contributed by atoms with Crippen molar-refractivity contribution in [2.45, 2.75) is 24.6 Å². The van der Waals surface area contributed by atoms with Crippen molar-refractivity contribution in [2.24, 2.45) is 5.92 Å². The van der Waals surface area contributed by atoms with Crippen LogP contribution in [0, 0.1) is 5.92 Å². The van der Waals surface area contributed by atoms with E-state index in [-0.39, 0.29) is 17.4 Å². The summed E-state index contributed by atoms with van der Waals surface area (Å²) in [4.78, 5) is 20.2. The first-order valence-electron chi connectivity index (χ1n) is 12.0. The fraction of sp³-hybridized carbons (Fsp3) is 0.308. The summed E-state index contributed by atoms with van der Waals surface area (Å²) < 4.78 is 52.8. The van der Waals surface area contributed by atoms with E-state index in [9.17, 15) is 18.0 Å². The second kappa shape index (κ2) is 8.98. The van der Waals surface area contributed by atoms with Crippen molar-refractivity contribution in [3.05, 3.63) is 60.4 Å². The van der Waals surface area contributed by atoms with Crippen molar-refractivity contribution in [2.75, 3.05) is 25.6 Å². The number of halogens is 3. The number of imidazole rings is 1. The number of nitrogens with zero attached hydrogens (tertiary/aromatic N) is 4. The molecule has 0 spiro atoms. The molecule has 0 bridgehead atoms. The topological polar surface area (TPSA) is 117 Å². The maximum atomic E-state index is 13.3. The lowest BCUT2D eigenvalue weighted by atomic mass is 9.98. The Hall–Kier alpha value is -4.19. The summed E-state index contributed by atoms with van der Waals surface area (Å²) in [7, 11) is 0. The monoisotopic (exact) mass is 524 g/mol. The van der Waals surface area contributed by atoms with Gasteiger partial charge in [-0.05, 0) is 55.3 Å². The third-order valence-electron chi connectivity index (χ3n) is 6.64. The van der Waals surface area contributed by atoms with Crippen molar-refractivity contribution in [1.29, 1.82) is 0 Å². The van der Waals surface area contributed by atoms with E-state index >= 15 is 0 Å². The zero-order valence-corrected chi connectivity index (χ0v) is 20.0. The molecule has 9 nitrogen and oxygen atoms in total. The van der Waals surface area contributed by atoms with E-state index in [1.165, 1.54) is 16.9 Å². The van der Waals surface area contributed by atoms with Crippen LogP contribution in [-0.2, 0) is 15.7 Å². The summed E-state index contributed by atoms with van der Waals surface area (Å²) in [5.74, 6) is 0.192. The maximum absolute atomic E-state index is 13.3. The van der Waals surface area contributed by atoms with Crippen LogP contribution in [0.3, 0.4) is 0 Å². The van der Waals surface area contributed by atoms with Crippen molar-refractivity contribution < 1.29 is 27.4 Å². The van der Waals surface area contributed by atoms with Gasteiger partial charge in [-0.3, -0.25) is 4.79 Å². The molecule has 4 heterocycles. The molecule has 38 heavy (non-hydrogen) atoms. The first-order chi connectivity index (χ1) is 18.2. The van der Waals surface area contributed by atoms with E-state index in [1.807, 2.05) is 12.1 Å². The average Bonchev–Trinajstić information content (AvgIpc) is 3.65. The fourth-order valence-corrected chi connectivity index (χ4v) is 4.26. The molecule has 0 unspecified atom stereocenters. The summed E-state index contributed by atoms with van der Waals surface area (Å²) in [6.45, 7) is 1.12. The van der Waals surface area contributed by atoms with Crippen LogP contribution in [0.25, 0.3) is 28.2 Å². The number of ether oxygens (including phenoxy) is 2. The number of benzene rings is 1. The largest absolute Gasteiger partial charge is 0.491 e. The molecule has 2 aliphatic rings. The first kappa shape index (κ1) is 24.2. The molecule has 1 aromatic carbocycles. The van der Waals surface area contributed by atoms with Crippen LogP contribution in [0.5, 0.6) is 5.75 Å². The van der Waals surface area contributed by atoms with Crippen molar-refractivity contribution in [1.82, 2.24) is 24.9 Å². The molecule has 0 atom stereocenters. The number of nitrogens with two attached hydrogens (primary N) is 1. The van der Waals surface area contributed by atoms with Crippen LogP contribution in [0.1, 0.15) is 18.4 Å². The number of alkyl halides is 3. The minimum Gasteiger partial charge on any atom is -0.491 e. The van der Waals surface area contributed by atoms with E-state index in [2.05, 4.69) is 20.4 Å². The maximum Gasteiger partial charge on any atom is 0.419 e. The van der Waals surface area contributed by atoms with Gasteiger partial charge in [0.05, 0.1) is 36.4 Å². The van der Waals surface area contributed by atoms with Gasteiger partial charge < -0.3 is 20.5 Å². The molecule has 3 aromatic heterocycles. The third-order valence-corrected chi connectivity index (χ3v) is 6.64. The SMILES string of the molecule is Nc1ncc(-c2cnc3ccc(-c4ccc(OCC5(NC(=O)C6CC6)COC5)cc4)nn23)cc1C(F)(F)F. The van der Waals surface area contributed by atoms with E-state index < -0.39 is 23.1 Å². The van der Waals surface area contributed by atoms with Gasteiger partial charge in [0.15, 0.2) is 5.65 Å². The number of hydrogen-bond donors (Lipinski definition) is 2. The number of rotatable bonds is 7. The molecular weight excluding hydrogens is 501 g/mol. The number of hydrogen-bond acceptors (Lipinski definition) is 7. The van der Waals surface area contributed by atoms with Crippen molar-refractivity contribution in [3.63, 3.8) is 0 Å². The predicted octanol–water partition coefficient (Wildman–Crippen LogP) is 3.73. The molecule has 2 fully saturated rings. The van der Waals surface area contributed by atoms with Gasteiger partial charge in [0, 0.05) is 23.2 Å². The van der Waals surface area contributed by atoms with E-state index in [1.54, 1.807) is 24.3 Å². The molecule has 12 heteroatoms. The summed E-state index contributed by atoms with van der Waals surface area (Å²) >= 11 is 0. The molecule has 0 radical (unpaired) electrons. The van der Waals surface area contributed by atoms with Gasteiger partial charge in [-0.1, -0.05) is 0 Å². The van der Waals surface area contributed by atoms with Crippen molar-refractivity contribution >= 4 is 17.4 Å². The Kier molecular flexibility index (Phi) is 5.71. The molecular formula is C26H23F3N6O3. The number of anilines is 1. The predicted molar refractivity (Wildman–Crippen MR) is 131 cm³/mol. The Morgan fingerprint density at radius 3 is 2.53 bits per heavy atom. The van der Waals surface area contributed by atoms with Gasteiger partial charge >= 0.3 is 6.18 Å². The molecule has 4 aromatic rings. The Morgan fingerprint density at radius 2 is 1.87 bits per heavy atom. The molecule has 3 N–H and O–H groups in total. The van der Waals surface area contributed by atoms with Gasteiger partial charge in [-0.2, -0.15) is 18.3 Å². The zero-order valence-electron chi connectivity index (χ0n) is 20.0. The number of aromatic nitrogens is 4. The molecule has 1 aliphatic heterocycles. The van der Waals surface area contributed by atoms with Crippen LogP contribution in [0.15, 0.2) is 54.9 Å². The molecule has 1 saturated carbocycles. The van der Waals surface area contributed by atoms with Gasteiger partial charge in [-0.15, -0.1) is 0 Å². The van der Waals surface area contributed by atoms with Crippen molar-refractivity contribution in [3.8, 4) is 28.3 Å². The average molecular weight is 525 g/mol. The number of fused-ring (bicyclic) bond motifs is 1.